The lowest BCUT2D eigenvalue weighted by Gasteiger charge is -2.19. The lowest BCUT2D eigenvalue weighted by atomic mass is 9.94. The molecule has 0 radical (unpaired) electrons. The minimum atomic E-state index is -1.07. The zero-order valence-electron chi connectivity index (χ0n) is 44.2. The third-order valence-corrected chi connectivity index (χ3v) is 12.0. The number of Topliss-reactive ketones (excluding diaryl/α,β-unsaturated/α-hetero) is 3. The third kappa shape index (κ3) is 40.4. The van der Waals surface area contributed by atoms with E-state index < -0.39 is 29.9 Å². The maximum absolute atomic E-state index is 12.7. The fraction of sp³-hybridized carbons (Fsp3) is 0.788. The summed E-state index contributed by atoms with van der Waals surface area (Å²) in [6.07, 6.45) is 23.8. The molecular formula is C52H92N8O13. The number of aliphatic carboxylic acids is 1. The molecule has 0 saturated heterocycles. The summed E-state index contributed by atoms with van der Waals surface area (Å²) >= 11 is 0. The van der Waals surface area contributed by atoms with Gasteiger partial charge in [-0.3, -0.25) is 43.7 Å². The van der Waals surface area contributed by atoms with Crippen LogP contribution in [0.15, 0.2) is 12.5 Å². The first kappa shape index (κ1) is 66.3. The van der Waals surface area contributed by atoms with E-state index in [1.165, 1.54) is 90.3 Å². The normalized spacial score (nSPS) is 12.4. The molecule has 0 aliphatic carbocycles. The number of unbranched alkanes of at least 4 members (excludes halogenated alkanes) is 15. The lowest BCUT2D eigenvalue weighted by Crippen LogP contribution is -2.49. The Morgan fingerprint density at radius 3 is 1.68 bits per heavy atom. The molecular weight excluding hydrogens is 945 g/mol. The summed E-state index contributed by atoms with van der Waals surface area (Å²) in [6, 6.07) is -1.52. The Kier molecular flexibility index (Phi) is 41.7. The molecule has 73 heavy (non-hydrogen) atoms. The molecule has 0 bridgehead atoms. The van der Waals surface area contributed by atoms with Crippen molar-refractivity contribution in [2.24, 2.45) is 11.7 Å². The molecule has 0 saturated carbocycles. The van der Waals surface area contributed by atoms with Crippen molar-refractivity contribution in [2.45, 2.75) is 174 Å². The van der Waals surface area contributed by atoms with Crippen LogP contribution in [0.3, 0.4) is 0 Å². The number of nitrogens with two attached hydrogens (primary N) is 1. The van der Waals surface area contributed by atoms with Gasteiger partial charge in [0.2, 0.25) is 23.6 Å². The molecule has 9 N–H and O–H groups in total. The molecule has 0 unspecified atom stereocenters. The Balaban J connectivity index is 2.00. The first-order valence-electron chi connectivity index (χ1n) is 26.9. The largest absolute Gasteiger partial charge is 0.481 e. The lowest BCUT2D eigenvalue weighted by molar-refractivity contribution is -0.144. The van der Waals surface area contributed by atoms with Crippen LogP contribution in [0, 0.1) is 5.92 Å². The van der Waals surface area contributed by atoms with Crippen LogP contribution in [0.5, 0.6) is 0 Å². The van der Waals surface area contributed by atoms with E-state index in [4.69, 9.17) is 24.7 Å². The van der Waals surface area contributed by atoms with E-state index in [1.54, 1.807) is 6.20 Å². The summed E-state index contributed by atoms with van der Waals surface area (Å²) in [5.41, 5.74) is 6.73. The van der Waals surface area contributed by atoms with Gasteiger partial charge in [0, 0.05) is 57.2 Å². The molecule has 1 aromatic rings. The first-order valence-corrected chi connectivity index (χ1v) is 26.9. The van der Waals surface area contributed by atoms with E-state index in [0.29, 0.717) is 32.2 Å². The number of aromatic amines is 1. The van der Waals surface area contributed by atoms with Gasteiger partial charge in [0.25, 0.3) is 0 Å². The number of nitrogens with one attached hydrogen (secondary N) is 6. The van der Waals surface area contributed by atoms with E-state index >= 15 is 0 Å². The number of aromatic nitrogens is 2. The Hall–Kier alpha value is -4.67. The highest BCUT2D eigenvalue weighted by Crippen LogP contribution is 2.17. The first-order chi connectivity index (χ1) is 35.3. The van der Waals surface area contributed by atoms with Crippen molar-refractivity contribution in [1.82, 2.24) is 36.6 Å². The predicted molar refractivity (Wildman–Crippen MR) is 276 cm³/mol. The quantitative estimate of drug-likeness (QED) is 0.0431. The molecule has 3 atom stereocenters. The third-order valence-electron chi connectivity index (χ3n) is 12.0. The Morgan fingerprint density at radius 2 is 1.15 bits per heavy atom. The second-order valence-corrected chi connectivity index (χ2v) is 18.6. The number of rotatable bonds is 52. The van der Waals surface area contributed by atoms with Crippen LogP contribution < -0.4 is 32.3 Å². The predicted octanol–water partition coefficient (Wildman–Crippen LogP) is 3.80. The minimum Gasteiger partial charge on any atom is -0.481 e. The van der Waals surface area contributed by atoms with Crippen molar-refractivity contribution in [2.75, 3.05) is 85.6 Å². The smallest absolute Gasteiger partial charge is 0.306 e. The highest BCUT2D eigenvalue weighted by molar-refractivity contribution is 5.89. The molecule has 418 valence electrons. The molecule has 0 aliphatic heterocycles. The summed E-state index contributed by atoms with van der Waals surface area (Å²) in [5.74, 6) is -3.88. The zero-order valence-corrected chi connectivity index (χ0v) is 44.2. The summed E-state index contributed by atoms with van der Waals surface area (Å²) in [5, 5.41) is 23.2. The van der Waals surface area contributed by atoms with Crippen LogP contribution in [0.25, 0.3) is 0 Å². The van der Waals surface area contributed by atoms with Crippen LogP contribution >= 0.6 is 0 Å². The van der Waals surface area contributed by atoms with E-state index in [0.717, 1.165) is 25.0 Å². The summed E-state index contributed by atoms with van der Waals surface area (Å²) in [4.78, 5) is 104. The topological polar surface area (TPSA) is 309 Å². The van der Waals surface area contributed by atoms with Crippen LogP contribution in [-0.4, -0.2) is 160 Å². The van der Waals surface area contributed by atoms with Crippen molar-refractivity contribution < 1.29 is 62.4 Å². The van der Waals surface area contributed by atoms with Gasteiger partial charge in [0.05, 0.1) is 77.1 Å². The highest BCUT2D eigenvalue weighted by atomic mass is 16.5. The van der Waals surface area contributed by atoms with Crippen LogP contribution in [0.4, 0.5) is 0 Å². The number of amides is 4. The van der Waals surface area contributed by atoms with E-state index in [1.807, 2.05) is 0 Å². The number of hydrogen-bond donors (Lipinski definition) is 8. The molecule has 21 heteroatoms. The van der Waals surface area contributed by atoms with Crippen LogP contribution in [0.1, 0.15) is 161 Å². The number of ether oxygens (including phenoxy) is 4. The maximum atomic E-state index is 12.7. The van der Waals surface area contributed by atoms with Gasteiger partial charge < -0.3 is 56.0 Å². The average molecular weight is 1040 g/mol. The molecule has 0 fully saturated rings. The molecule has 4 amide bonds. The van der Waals surface area contributed by atoms with Crippen LogP contribution in [-0.2, 0) is 63.7 Å². The van der Waals surface area contributed by atoms with Gasteiger partial charge in [0.15, 0.2) is 5.78 Å². The number of carboxylic acids is 1. The number of nitrogens with zero attached hydrogens (tertiary/aromatic N) is 1. The van der Waals surface area contributed by atoms with Crippen molar-refractivity contribution in [1.29, 1.82) is 0 Å². The van der Waals surface area contributed by atoms with Crippen molar-refractivity contribution in [3.63, 3.8) is 0 Å². The van der Waals surface area contributed by atoms with Crippen molar-refractivity contribution >= 4 is 46.9 Å². The number of H-pyrrole nitrogens is 1. The minimum absolute atomic E-state index is 0.00131. The van der Waals surface area contributed by atoms with Crippen LogP contribution in [0.2, 0.25) is 0 Å². The van der Waals surface area contributed by atoms with Gasteiger partial charge in [0.1, 0.15) is 24.8 Å². The Labute approximate surface area is 433 Å². The van der Waals surface area contributed by atoms with Gasteiger partial charge in [-0.05, 0) is 39.0 Å². The standard InChI is InChI=1S/C52H92N8O13/c1-3-4-5-6-7-8-9-10-11-12-13-14-15-16-17-20-44(62)33-42(52(68)69)22-23-48(64)56-25-27-70-29-32-73-39-50(66)57-26-28-71-30-31-72-38-49(65)55-24-19-18-21-46(51(67)59-35-41(2)61)58-37-47(63)45(53)34-43-36-54-40-60-43/h36,40,42,45-46,58H,3-35,37-39,53H2,1-2H3,(H,54,60)(H,55,65)(H,56,64)(H,57,66)(H,59,67)(H,68,69)/t42-,45+,46+/m1/s1. The number of carboxylic acid groups (broad SMARTS) is 1. The van der Waals surface area contributed by atoms with Gasteiger partial charge in [-0.1, -0.05) is 96.8 Å². The van der Waals surface area contributed by atoms with E-state index in [-0.39, 0.29) is 140 Å². The fourth-order valence-electron chi connectivity index (χ4n) is 7.64. The molecule has 1 aromatic heterocycles. The highest BCUT2D eigenvalue weighted by Gasteiger charge is 2.23. The molecule has 1 heterocycles. The Morgan fingerprint density at radius 1 is 0.616 bits per heavy atom. The molecule has 0 aliphatic rings. The number of carbonyl (C=O) groups excluding carboxylic acids is 7. The SMILES string of the molecule is CCCCCCCCCCCCCCCCCC(=O)C[C@@H](CCC(=O)NCCOCCOCC(=O)NCCOCCOCC(=O)NCCCC[C@H](NCC(=O)[C@@H](N)Cc1cnc[nH]1)C(=O)NCC(C)=O)C(=O)O. The number of ketones is 3. The molecule has 21 nitrogen and oxygen atoms in total. The van der Waals surface area contributed by atoms with E-state index in [2.05, 4.69) is 43.5 Å². The monoisotopic (exact) mass is 1040 g/mol. The molecule has 1 rings (SSSR count). The van der Waals surface area contributed by atoms with Crippen molar-refractivity contribution in [3.8, 4) is 0 Å². The maximum Gasteiger partial charge on any atom is 0.306 e. The number of hydrogen-bond acceptors (Lipinski definition) is 15. The number of carbonyl (C=O) groups is 8. The number of imidazole rings is 1. The molecule has 0 aromatic carbocycles. The van der Waals surface area contributed by atoms with Gasteiger partial charge in [-0.15, -0.1) is 0 Å². The second kappa shape index (κ2) is 45.9. The van der Waals surface area contributed by atoms with Gasteiger partial charge in [-0.2, -0.15) is 0 Å². The van der Waals surface area contributed by atoms with Gasteiger partial charge in [-0.25, -0.2) is 4.98 Å². The van der Waals surface area contributed by atoms with Crippen molar-refractivity contribution in [3.05, 3.63) is 18.2 Å². The summed E-state index contributed by atoms with van der Waals surface area (Å²) in [6.45, 7) is 4.96. The zero-order chi connectivity index (χ0) is 53.6. The summed E-state index contributed by atoms with van der Waals surface area (Å²) < 4.78 is 21.5. The van der Waals surface area contributed by atoms with Gasteiger partial charge >= 0.3 is 5.97 Å². The molecule has 0 spiro atoms. The van der Waals surface area contributed by atoms with E-state index in [9.17, 15) is 43.5 Å². The fourth-order valence-corrected chi connectivity index (χ4v) is 7.64. The average Bonchev–Trinajstić information content (AvgIpc) is 3.88. The summed E-state index contributed by atoms with van der Waals surface area (Å²) in [7, 11) is 0. The Bertz CT molecular complexity index is 1650. The second-order valence-electron chi connectivity index (χ2n) is 18.6.